The molecule has 2 heterocycles. The molecule has 0 aliphatic carbocycles. The van der Waals surface area contributed by atoms with E-state index in [2.05, 4.69) is 29.2 Å². The van der Waals surface area contributed by atoms with Crippen LogP contribution in [0.15, 0.2) is 72.9 Å². The van der Waals surface area contributed by atoms with Gasteiger partial charge in [-0.15, -0.1) is 0 Å². The first kappa shape index (κ1) is 17.0. The molecule has 0 radical (unpaired) electrons. The molecule has 0 saturated heterocycles. The third kappa shape index (κ3) is 3.31. The minimum absolute atomic E-state index is 0.137. The number of hydrogen-bond acceptors (Lipinski definition) is 3. The number of pyridine rings is 1. The maximum Gasteiger partial charge on any atom is 0.260 e. The highest BCUT2D eigenvalue weighted by Gasteiger charge is 2.21. The van der Waals surface area contributed by atoms with Gasteiger partial charge in [-0.05, 0) is 36.2 Å². The molecule has 5 nitrogen and oxygen atoms in total. The number of anilines is 1. The quantitative estimate of drug-likeness (QED) is 0.571. The van der Waals surface area contributed by atoms with Crippen molar-refractivity contribution in [3.63, 3.8) is 0 Å². The molecule has 0 atom stereocenters. The Hall–Kier alpha value is -3.47. The second kappa shape index (κ2) is 7.03. The topological polar surface area (TPSA) is 59.8 Å². The maximum atomic E-state index is 12.9. The lowest BCUT2D eigenvalue weighted by Gasteiger charge is -2.13. The number of hydrogen-bond donors (Lipinski definition) is 1. The van der Waals surface area contributed by atoms with Gasteiger partial charge in [0.15, 0.2) is 0 Å². The standard InChI is InChI=1S/C22H20N4O/c1-15(2)21-18(14-23-26(21)17-9-4-3-5-10-17)22(27)25-20-13-12-16-8-6-7-11-19(16)24-20/h3-15H,1-2H3,(H,24,25,27). The van der Waals surface area contributed by atoms with Gasteiger partial charge in [-0.2, -0.15) is 5.10 Å². The number of para-hydroxylation sites is 2. The lowest BCUT2D eigenvalue weighted by atomic mass is 10.0. The summed E-state index contributed by atoms with van der Waals surface area (Å²) in [5, 5.41) is 8.40. The summed E-state index contributed by atoms with van der Waals surface area (Å²) in [4.78, 5) is 17.4. The third-order valence-electron chi connectivity index (χ3n) is 4.44. The second-order valence-electron chi connectivity index (χ2n) is 6.69. The molecule has 0 aliphatic heterocycles. The Labute approximate surface area is 157 Å². The van der Waals surface area contributed by atoms with Crippen molar-refractivity contribution in [2.75, 3.05) is 5.32 Å². The Bertz CT molecular complexity index is 1100. The molecule has 0 aliphatic rings. The fraction of sp³-hybridized carbons (Fsp3) is 0.136. The number of aromatic nitrogens is 3. The van der Waals surface area contributed by atoms with Crippen LogP contribution in [0.4, 0.5) is 5.82 Å². The van der Waals surface area contributed by atoms with E-state index >= 15 is 0 Å². The Morgan fingerprint density at radius 1 is 0.963 bits per heavy atom. The highest BCUT2D eigenvalue weighted by atomic mass is 16.1. The molecular formula is C22H20N4O. The molecule has 0 spiro atoms. The fourth-order valence-electron chi connectivity index (χ4n) is 3.18. The maximum absolute atomic E-state index is 12.9. The van der Waals surface area contributed by atoms with Crippen LogP contribution >= 0.6 is 0 Å². The Balaban J connectivity index is 1.68. The molecular weight excluding hydrogens is 336 g/mol. The first-order valence-corrected chi connectivity index (χ1v) is 8.94. The van der Waals surface area contributed by atoms with Gasteiger partial charge in [0.25, 0.3) is 5.91 Å². The van der Waals surface area contributed by atoms with Crippen molar-refractivity contribution in [2.45, 2.75) is 19.8 Å². The zero-order chi connectivity index (χ0) is 18.8. The molecule has 1 N–H and O–H groups in total. The number of fused-ring (bicyclic) bond motifs is 1. The zero-order valence-electron chi connectivity index (χ0n) is 15.3. The predicted molar refractivity (Wildman–Crippen MR) is 107 cm³/mol. The molecule has 27 heavy (non-hydrogen) atoms. The van der Waals surface area contributed by atoms with Gasteiger partial charge in [0, 0.05) is 5.39 Å². The van der Waals surface area contributed by atoms with Crippen LogP contribution in [0.25, 0.3) is 16.6 Å². The van der Waals surface area contributed by atoms with Gasteiger partial charge >= 0.3 is 0 Å². The van der Waals surface area contributed by atoms with Crippen LogP contribution in [0, 0.1) is 0 Å². The molecule has 4 rings (SSSR count). The van der Waals surface area contributed by atoms with Crippen LogP contribution in [-0.4, -0.2) is 20.7 Å². The Morgan fingerprint density at radius 3 is 2.48 bits per heavy atom. The van der Waals surface area contributed by atoms with E-state index in [1.807, 2.05) is 71.4 Å². The molecule has 134 valence electrons. The lowest BCUT2D eigenvalue weighted by Crippen LogP contribution is -2.16. The van der Waals surface area contributed by atoms with E-state index < -0.39 is 0 Å². The highest BCUT2D eigenvalue weighted by molar-refractivity contribution is 6.05. The lowest BCUT2D eigenvalue weighted by molar-refractivity contribution is 0.102. The summed E-state index contributed by atoms with van der Waals surface area (Å²) in [7, 11) is 0. The van der Waals surface area contributed by atoms with Gasteiger partial charge in [-0.3, -0.25) is 4.79 Å². The van der Waals surface area contributed by atoms with Gasteiger partial charge in [-0.25, -0.2) is 9.67 Å². The van der Waals surface area contributed by atoms with E-state index in [1.54, 1.807) is 6.20 Å². The minimum Gasteiger partial charge on any atom is -0.306 e. The molecule has 2 aromatic carbocycles. The third-order valence-corrected chi connectivity index (χ3v) is 4.44. The van der Waals surface area contributed by atoms with Crippen LogP contribution in [0.2, 0.25) is 0 Å². The summed E-state index contributed by atoms with van der Waals surface area (Å²) < 4.78 is 1.83. The van der Waals surface area contributed by atoms with Crippen molar-refractivity contribution >= 4 is 22.6 Å². The first-order chi connectivity index (χ1) is 13.1. The molecule has 0 bridgehead atoms. The second-order valence-corrected chi connectivity index (χ2v) is 6.69. The van der Waals surface area contributed by atoms with Crippen molar-refractivity contribution in [3.8, 4) is 5.69 Å². The van der Waals surface area contributed by atoms with Crippen molar-refractivity contribution in [1.29, 1.82) is 0 Å². The minimum atomic E-state index is -0.205. The smallest absolute Gasteiger partial charge is 0.260 e. The SMILES string of the molecule is CC(C)c1c(C(=O)Nc2ccc3ccccc3n2)cnn1-c1ccccc1. The number of nitrogens with zero attached hydrogens (tertiary/aromatic N) is 3. The van der Waals surface area contributed by atoms with Crippen LogP contribution in [-0.2, 0) is 0 Å². The fourth-order valence-corrected chi connectivity index (χ4v) is 3.18. The Morgan fingerprint density at radius 2 is 1.70 bits per heavy atom. The molecule has 5 heteroatoms. The molecule has 1 amide bonds. The molecule has 4 aromatic rings. The number of carbonyl (C=O) groups excluding carboxylic acids is 1. The first-order valence-electron chi connectivity index (χ1n) is 8.94. The van der Waals surface area contributed by atoms with E-state index in [0.29, 0.717) is 11.4 Å². The Kier molecular flexibility index (Phi) is 4.42. The van der Waals surface area contributed by atoms with Gasteiger partial charge < -0.3 is 5.32 Å². The van der Waals surface area contributed by atoms with Crippen LogP contribution in [0.5, 0.6) is 0 Å². The van der Waals surface area contributed by atoms with Gasteiger partial charge in [0.1, 0.15) is 5.82 Å². The summed E-state index contributed by atoms with van der Waals surface area (Å²) in [6.07, 6.45) is 1.62. The van der Waals surface area contributed by atoms with Crippen molar-refractivity contribution in [1.82, 2.24) is 14.8 Å². The number of amides is 1. The van der Waals surface area contributed by atoms with Gasteiger partial charge in [0.2, 0.25) is 0 Å². The molecule has 0 fully saturated rings. The monoisotopic (exact) mass is 356 g/mol. The van der Waals surface area contributed by atoms with Crippen LogP contribution in [0.1, 0.15) is 35.8 Å². The largest absolute Gasteiger partial charge is 0.306 e. The average Bonchev–Trinajstić information content (AvgIpc) is 3.14. The summed E-state index contributed by atoms with van der Waals surface area (Å²) in [5.74, 6) is 0.461. The van der Waals surface area contributed by atoms with Crippen LogP contribution in [0.3, 0.4) is 0 Å². The summed E-state index contributed by atoms with van der Waals surface area (Å²) in [6.45, 7) is 4.11. The number of rotatable bonds is 4. The van der Waals surface area contributed by atoms with Crippen molar-refractivity contribution in [3.05, 3.63) is 84.2 Å². The van der Waals surface area contributed by atoms with E-state index in [4.69, 9.17) is 0 Å². The average molecular weight is 356 g/mol. The van der Waals surface area contributed by atoms with E-state index in [-0.39, 0.29) is 11.8 Å². The number of carbonyl (C=O) groups is 1. The number of benzene rings is 2. The zero-order valence-corrected chi connectivity index (χ0v) is 15.3. The van der Waals surface area contributed by atoms with Gasteiger partial charge in [-0.1, -0.05) is 50.2 Å². The number of nitrogens with one attached hydrogen (secondary N) is 1. The summed E-state index contributed by atoms with van der Waals surface area (Å²) >= 11 is 0. The van der Waals surface area contributed by atoms with Crippen LogP contribution < -0.4 is 5.32 Å². The van der Waals surface area contributed by atoms with Crippen molar-refractivity contribution < 1.29 is 4.79 Å². The van der Waals surface area contributed by atoms with E-state index in [1.165, 1.54) is 0 Å². The molecule has 0 saturated carbocycles. The predicted octanol–water partition coefficient (Wildman–Crippen LogP) is 4.80. The summed E-state index contributed by atoms with van der Waals surface area (Å²) in [5.41, 5.74) is 3.21. The molecule has 2 aromatic heterocycles. The highest BCUT2D eigenvalue weighted by Crippen LogP contribution is 2.24. The van der Waals surface area contributed by atoms with Gasteiger partial charge in [0.05, 0.1) is 28.7 Å². The normalized spacial score (nSPS) is 11.1. The van der Waals surface area contributed by atoms with E-state index in [0.717, 1.165) is 22.3 Å². The van der Waals surface area contributed by atoms with Crippen molar-refractivity contribution in [2.24, 2.45) is 0 Å². The summed E-state index contributed by atoms with van der Waals surface area (Å²) in [6, 6.07) is 21.4. The molecule has 0 unspecified atom stereocenters. The van der Waals surface area contributed by atoms with E-state index in [9.17, 15) is 4.79 Å².